The van der Waals surface area contributed by atoms with Crippen LogP contribution in [0.3, 0.4) is 0 Å². The van der Waals surface area contributed by atoms with Crippen molar-refractivity contribution in [1.29, 1.82) is 0 Å². The van der Waals surface area contributed by atoms with Gasteiger partial charge in [-0.2, -0.15) is 0 Å². The SMILES string of the molecule is CC1(C)CC2(CNCC2C(N)=O)c2ccccc2O1. The van der Waals surface area contributed by atoms with Crippen molar-refractivity contribution in [2.45, 2.75) is 31.3 Å². The molecule has 1 fully saturated rings. The van der Waals surface area contributed by atoms with Crippen LogP contribution in [0.15, 0.2) is 24.3 Å². The number of carbonyl (C=O) groups excluding carboxylic acids is 1. The van der Waals surface area contributed by atoms with Gasteiger partial charge >= 0.3 is 0 Å². The molecule has 2 unspecified atom stereocenters. The van der Waals surface area contributed by atoms with Crippen molar-refractivity contribution in [3.8, 4) is 5.75 Å². The highest BCUT2D eigenvalue weighted by molar-refractivity contribution is 5.80. The van der Waals surface area contributed by atoms with Crippen molar-refractivity contribution in [2.75, 3.05) is 13.1 Å². The fourth-order valence-electron chi connectivity index (χ4n) is 3.76. The summed E-state index contributed by atoms with van der Waals surface area (Å²) in [5.74, 6) is 0.489. The van der Waals surface area contributed by atoms with Gasteiger partial charge in [-0.3, -0.25) is 4.79 Å². The highest BCUT2D eigenvalue weighted by Gasteiger charge is 2.54. The molecule has 2 aliphatic heterocycles. The number of nitrogens with two attached hydrogens (primary N) is 1. The van der Waals surface area contributed by atoms with E-state index in [0.717, 1.165) is 24.3 Å². The van der Waals surface area contributed by atoms with Gasteiger partial charge in [0.15, 0.2) is 0 Å². The minimum Gasteiger partial charge on any atom is -0.488 e. The largest absolute Gasteiger partial charge is 0.488 e. The number of nitrogens with one attached hydrogen (secondary N) is 1. The summed E-state index contributed by atoms with van der Waals surface area (Å²) in [6, 6.07) is 8.01. The molecule has 1 aromatic rings. The van der Waals surface area contributed by atoms with Crippen molar-refractivity contribution < 1.29 is 9.53 Å². The molecule has 2 atom stereocenters. The molecule has 1 saturated heterocycles. The Balaban J connectivity index is 2.17. The molecule has 4 nitrogen and oxygen atoms in total. The Morgan fingerprint density at radius 3 is 2.89 bits per heavy atom. The van der Waals surface area contributed by atoms with Crippen LogP contribution in [0.2, 0.25) is 0 Å². The van der Waals surface area contributed by atoms with E-state index in [0.29, 0.717) is 6.54 Å². The lowest BCUT2D eigenvalue weighted by Gasteiger charge is -2.46. The molecule has 0 bridgehead atoms. The maximum atomic E-state index is 11.8. The van der Waals surface area contributed by atoms with Crippen LogP contribution in [0.4, 0.5) is 0 Å². The Morgan fingerprint density at radius 2 is 2.16 bits per heavy atom. The number of fused-ring (bicyclic) bond motifs is 2. The second-order valence-electron chi connectivity index (χ2n) is 6.28. The molecule has 0 saturated carbocycles. The average Bonchev–Trinajstić information content (AvgIpc) is 2.71. The maximum absolute atomic E-state index is 11.8. The minimum absolute atomic E-state index is 0.170. The van der Waals surface area contributed by atoms with Crippen molar-refractivity contribution in [1.82, 2.24) is 5.32 Å². The number of primary amides is 1. The topological polar surface area (TPSA) is 64.3 Å². The molecule has 3 rings (SSSR count). The lowest BCUT2D eigenvalue weighted by Crippen LogP contribution is -2.51. The summed E-state index contributed by atoms with van der Waals surface area (Å²) in [5.41, 5.74) is 6.23. The van der Waals surface area contributed by atoms with E-state index >= 15 is 0 Å². The number of ether oxygens (including phenoxy) is 1. The molecule has 1 amide bonds. The number of amides is 1. The normalized spacial score (nSPS) is 31.8. The third-order valence-corrected chi connectivity index (χ3v) is 4.35. The van der Waals surface area contributed by atoms with E-state index < -0.39 is 0 Å². The van der Waals surface area contributed by atoms with Crippen molar-refractivity contribution in [3.63, 3.8) is 0 Å². The van der Waals surface area contributed by atoms with Crippen molar-refractivity contribution >= 4 is 5.91 Å². The summed E-state index contributed by atoms with van der Waals surface area (Å²) < 4.78 is 6.05. The Labute approximate surface area is 113 Å². The summed E-state index contributed by atoms with van der Waals surface area (Å²) in [6.07, 6.45) is 0.803. The van der Waals surface area contributed by atoms with Gasteiger partial charge in [0, 0.05) is 24.1 Å². The lowest BCUT2D eigenvalue weighted by atomic mass is 9.65. The number of para-hydroxylation sites is 1. The third kappa shape index (κ3) is 1.82. The summed E-state index contributed by atoms with van der Waals surface area (Å²) in [5, 5.41) is 3.34. The van der Waals surface area contributed by atoms with E-state index in [1.54, 1.807) is 0 Å². The summed E-state index contributed by atoms with van der Waals surface area (Å²) >= 11 is 0. The standard InChI is InChI=1S/C15H20N2O2/c1-14(2)8-15(9-17-7-11(15)13(16)18)10-5-3-4-6-12(10)19-14/h3-6,11,17H,7-9H2,1-2H3,(H2,16,18). The molecule has 4 heteroatoms. The molecule has 1 aromatic carbocycles. The predicted octanol–water partition coefficient (Wildman–Crippen LogP) is 1.19. The van der Waals surface area contributed by atoms with Gasteiger partial charge in [0.1, 0.15) is 11.4 Å². The molecule has 19 heavy (non-hydrogen) atoms. The van der Waals surface area contributed by atoms with Gasteiger partial charge in [-0.25, -0.2) is 0 Å². The van der Waals surface area contributed by atoms with Crippen LogP contribution in [-0.2, 0) is 10.2 Å². The van der Waals surface area contributed by atoms with Crippen molar-refractivity contribution in [3.05, 3.63) is 29.8 Å². The van der Waals surface area contributed by atoms with E-state index in [-0.39, 0.29) is 22.8 Å². The predicted molar refractivity (Wildman–Crippen MR) is 73.0 cm³/mol. The molecule has 1 spiro atoms. The second-order valence-corrected chi connectivity index (χ2v) is 6.28. The quantitative estimate of drug-likeness (QED) is 0.797. The van der Waals surface area contributed by atoms with E-state index in [4.69, 9.17) is 10.5 Å². The zero-order valence-electron chi connectivity index (χ0n) is 11.4. The van der Waals surface area contributed by atoms with Crippen LogP contribution in [0.5, 0.6) is 5.75 Å². The molecule has 3 N–H and O–H groups in total. The summed E-state index contributed by atoms with van der Waals surface area (Å²) in [4.78, 5) is 11.8. The zero-order valence-corrected chi connectivity index (χ0v) is 11.4. The van der Waals surface area contributed by atoms with Crippen LogP contribution in [0.25, 0.3) is 0 Å². The molecular weight excluding hydrogens is 240 g/mol. The first-order chi connectivity index (χ1) is 8.95. The first-order valence-electron chi connectivity index (χ1n) is 6.73. The monoisotopic (exact) mass is 260 g/mol. The zero-order chi connectivity index (χ0) is 13.7. The number of hydrogen-bond acceptors (Lipinski definition) is 3. The smallest absolute Gasteiger partial charge is 0.222 e. The molecule has 0 aliphatic carbocycles. The van der Waals surface area contributed by atoms with Gasteiger partial charge in [-0.1, -0.05) is 18.2 Å². The van der Waals surface area contributed by atoms with Crippen molar-refractivity contribution in [2.24, 2.45) is 11.7 Å². The Hall–Kier alpha value is -1.55. The number of carbonyl (C=O) groups is 1. The lowest BCUT2D eigenvalue weighted by molar-refractivity contribution is -0.123. The Kier molecular flexibility index (Phi) is 2.61. The first-order valence-corrected chi connectivity index (χ1v) is 6.73. The highest BCUT2D eigenvalue weighted by Crippen LogP contribution is 2.50. The molecule has 102 valence electrons. The van der Waals surface area contributed by atoms with Gasteiger partial charge < -0.3 is 15.8 Å². The Bertz CT molecular complexity index is 527. The highest BCUT2D eigenvalue weighted by atomic mass is 16.5. The third-order valence-electron chi connectivity index (χ3n) is 4.35. The number of hydrogen-bond donors (Lipinski definition) is 2. The molecule has 2 heterocycles. The van der Waals surface area contributed by atoms with Crippen LogP contribution in [0, 0.1) is 5.92 Å². The fraction of sp³-hybridized carbons (Fsp3) is 0.533. The van der Waals surface area contributed by atoms with E-state index in [9.17, 15) is 4.79 Å². The van der Waals surface area contributed by atoms with Gasteiger partial charge in [0.05, 0.1) is 5.92 Å². The van der Waals surface area contributed by atoms with Gasteiger partial charge in [0.2, 0.25) is 5.91 Å². The summed E-state index contributed by atoms with van der Waals surface area (Å²) in [7, 11) is 0. The van der Waals surface area contributed by atoms with E-state index in [1.807, 2.05) is 18.2 Å². The Morgan fingerprint density at radius 1 is 1.42 bits per heavy atom. The van der Waals surface area contributed by atoms with Gasteiger partial charge in [0.25, 0.3) is 0 Å². The summed E-state index contributed by atoms with van der Waals surface area (Å²) in [6.45, 7) is 5.58. The molecule has 0 radical (unpaired) electrons. The molecular formula is C15H20N2O2. The van der Waals surface area contributed by atoms with E-state index in [1.165, 1.54) is 0 Å². The first kappa shape index (κ1) is 12.5. The van der Waals surface area contributed by atoms with E-state index in [2.05, 4.69) is 25.2 Å². The fourth-order valence-corrected chi connectivity index (χ4v) is 3.76. The molecule has 2 aliphatic rings. The van der Waals surface area contributed by atoms with Crippen LogP contribution >= 0.6 is 0 Å². The van der Waals surface area contributed by atoms with Crippen LogP contribution in [0.1, 0.15) is 25.8 Å². The maximum Gasteiger partial charge on any atom is 0.222 e. The van der Waals surface area contributed by atoms with Crippen LogP contribution < -0.4 is 15.8 Å². The molecule has 0 aromatic heterocycles. The minimum atomic E-state index is -0.284. The van der Waals surface area contributed by atoms with Crippen LogP contribution in [-0.4, -0.2) is 24.6 Å². The van der Waals surface area contributed by atoms with Gasteiger partial charge in [-0.15, -0.1) is 0 Å². The van der Waals surface area contributed by atoms with Gasteiger partial charge in [-0.05, 0) is 26.3 Å². The number of rotatable bonds is 1. The number of benzene rings is 1. The average molecular weight is 260 g/mol. The second kappa shape index (κ2) is 3.97.